The monoisotopic (exact) mass is 290 g/mol. The van der Waals surface area contributed by atoms with Crippen LogP contribution in [-0.2, 0) is 9.53 Å². The van der Waals surface area contributed by atoms with Gasteiger partial charge < -0.3 is 15.8 Å². The number of amides is 1. The fourth-order valence-electron chi connectivity index (χ4n) is 2.75. The highest BCUT2D eigenvalue weighted by Gasteiger charge is 2.27. The van der Waals surface area contributed by atoms with Crippen molar-refractivity contribution < 1.29 is 9.53 Å². The first-order valence-corrected chi connectivity index (χ1v) is 7.63. The summed E-state index contributed by atoms with van der Waals surface area (Å²) in [7, 11) is 0. The smallest absolute Gasteiger partial charge is 0.250 e. The topological polar surface area (TPSA) is 64.3 Å². The van der Waals surface area contributed by atoms with Gasteiger partial charge in [0.2, 0.25) is 5.91 Å². The van der Waals surface area contributed by atoms with E-state index in [4.69, 9.17) is 10.5 Å². The van der Waals surface area contributed by atoms with Crippen LogP contribution in [0.3, 0.4) is 0 Å². The number of carbonyl (C=O) groups is 1. The molecule has 1 saturated carbocycles. The van der Waals surface area contributed by atoms with Crippen molar-refractivity contribution in [2.45, 2.75) is 52.6 Å². The van der Waals surface area contributed by atoms with Crippen LogP contribution in [0.2, 0.25) is 0 Å². The molecule has 0 unspecified atom stereocenters. The number of benzene rings is 1. The summed E-state index contributed by atoms with van der Waals surface area (Å²) in [6.45, 7) is 6.63. The number of rotatable bonds is 4. The maximum Gasteiger partial charge on any atom is 0.250 e. The highest BCUT2D eigenvalue weighted by atomic mass is 16.5. The number of nitrogens with two attached hydrogens (primary N) is 1. The fourth-order valence-corrected chi connectivity index (χ4v) is 2.75. The van der Waals surface area contributed by atoms with Gasteiger partial charge in [0.05, 0.1) is 6.10 Å². The minimum absolute atomic E-state index is 0.104. The predicted octanol–water partition coefficient (Wildman–Crippen LogP) is 3.50. The zero-order valence-corrected chi connectivity index (χ0v) is 13.2. The third-order valence-electron chi connectivity index (χ3n) is 4.26. The third kappa shape index (κ3) is 4.74. The van der Waals surface area contributed by atoms with Crippen LogP contribution in [0, 0.1) is 12.3 Å². The summed E-state index contributed by atoms with van der Waals surface area (Å²) >= 11 is 0. The number of hydrogen-bond acceptors (Lipinski definition) is 3. The van der Waals surface area contributed by atoms with Crippen molar-refractivity contribution in [1.82, 2.24) is 0 Å². The zero-order chi connectivity index (χ0) is 15.5. The van der Waals surface area contributed by atoms with Gasteiger partial charge in [0, 0.05) is 11.4 Å². The van der Waals surface area contributed by atoms with Crippen LogP contribution >= 0.6 is 0 Å². The van der Waals surface area contributed by atoms with Crippen molar-refractivity contribution in [2.75, 3.05) is 17.7 Å². The molecule has 0 heterocycles. The van der Waals surface area contributed by atoms with Gasteiger partial charge in [0.1, 0.15) is 6.61 Å². The molecule has 4 nitrogen and oxygen atoms in total. The van der Waals surface area contributed by atoms with Crippen LogP contribution in [0.4, 0.5) is 11.4 Å². The van der Waals surface area contributed by atoms with E-state index in [0.29, 0.717) is 11.1 Å². The number of hydrogen-bond donors (Lipinski definition) is 2. The molecular weight excluding hydrogens is 264 g/mol. The number of nitrogens with one attached hydrogen (secondary N) is 1. The Bertz CT molecular complexity index is 502. The van der Waals surface area contributed by atoms with Crippen molar-refractivity contribution in [3.05, 3.63) is 23.8 Å². The largest absolute Gasteiger partial charge is 0.399 e. The number of nitrogen functional groups attached to an aromatic ring is 1. The second-order valence-electron chi connectivity index (χ2n) is 6.80. The van der Waals surface area contributed by atoms with Crippen molar-refractivity contribution in [1.29, 1.82) is 0 Å². The fraction of sp³-hybridized carbons (Fsp3) is 0.588. The highest BCUT2D eigenvalue weighted by molar-refractivity contribution is 5.92. The van der Waals surface area contributed by atoms with Crippen LogP contribution in [0.15, 0.2) is 18.2 Å². The molecule has 21 heavy (non-hydrogen) atoms. The molecular formula is C17H26N2O2. The molecule has 0 spiro atoms. The summed E-state index contributed by atoms with van der Waals surface area (Å²) in [6.07, 6.45) is 4.63. The highest BCUT2D eigenvalue weighted by Crippen LogP contribution is 2.36. The molecule has 0 aliphatic heterocycles. The molecule has 0 bridgehead atoms. The molecule has 1 aromatic carbocycles. The lowest BCUT2D eigenvalue weighted by Gasteiger charge is -2.34. The van der Waals surface area contributed by atoms with Crippen molar-refractivity contribution in [3.8, 4) is 0 Å². The minimum Gasteiger partial charge on any atom is -0.399 e. The van der Waals surface area contributed by atoms with Crippen LogP contribution in [0.25, 0.3) is 0 Å². The Hall–Kier alpha value is -1.55. The molecule has 0 atom stereocenters. The number of aryl methyl sites for hydroxylation is 1. The Balaban J connectivity index is 1.78. The molecule has 116 valence electrons. The predicted molar refractivity (Wildman–Crippen MR) is 86.2 cm³/mol. The Morgan fingerprint density at radius 1 is 1.38 bits per heavy atom. The van der Waals surface area contributed by atoms with Gasteiger partial charge >= 0.3 is 0 Å². The first-order valence-electron chi connectivity index (χ1n) is 7.63. The average molecular weight is 290 g/mol. The van der Waals surface area contributed by atoms with Crippen molar-refractivity contribution >= 4 is 17.3 Å². The Kier molecular flexibility index (Phi) is 4.88. The normalized spacial score (nSPS) is 18.4. The van der Waals surface area contributed by atoms with Gasteiger partial charge in [0.25, 0.3) is 0 Å². The molecule has 0 radical (unpaired) electrons. The van der Waals surface area contributed by atoms with E-state index in [9.17, 15) is 4.79 Å². The maximum atomic E-state index is 12.0. The van der Waals surface area contributed by atoms with Gasteiger partial charge in [-0.25, -0.2) is 0 Å². The molecule has 3 N–H and O–H groups in total. The molecule has 1 aliphatic rings. The lowest BCUT2D eigenvalue weighted by Crippen LogP contribution is -2.29. The molecule has 1 aliphatic carbocycles. The first kappa shape index (κ1) is 15.8. The van der Waals surface area contributed by atoms with Crippen LogP contribution in [0.1, 0.15) is 45.1 Å². The SMILES string of the molecule is Cc1cc(N)ccc1NC(=O)COC1CCC(C)(C)CC1. The summed E-state index contributed by atoms with van der Waals surface area (Å²) in [5.41, 5.74) is 8.57. The van der Waals surface area contributed by atoms with Crippen LogP contribution in [-0.4, -0.2) is 18.6 Å². The second kappa shape index (κ2) is 6.48. The third-order valence-corrected chi connectivity index (χ3v) is 4.26. The Labute approximate surface area is 127 Å². The zero-order valence-electron chi connectivity index (χ0n) is 13.2. The molecule has 0 saturated heterocycles. The van der Waals surface area contributed by atoms with E-state index in [-0.39, 0.29) is 18.6 Å². The van der Waals surface area contributed by atoms with Gasteiger partial charge in [-0.2, -0.15) is 0 Å². The van der Waals surface area contributed by atoms with Crippen LogP contribution in [0.5, 0.6) is 0 Å². The van der Waals surface area contributed by atoms with E-state index in [1.807, 2.05) is 19.1 Å². The summed E-state index contributed by atoms with van der Waals surface area (Å²) < 4.78 is 5.74. The summed E-state index contributed by atoms with van der Waals surface area (Å²) in [4.78, 5) is 12.0. The molecule has 1 amide bonds. The van der Waals surface area contributed by atoms with E-state index in [1.54, 1.807) is 6.07 Å². The molecule has 0 aromatic heterocycles. The number of anilines is 2. The number of carbonyl (C=O) groups excluding carboxylic acids is 1. The molecule has 1 fully saturated rings. The summed E-state index contributed by atoms with van der Waals surface area (Å²) in [5, 5.41) is 2.87. The van der Waals surface area contributed by atoms with Gasteiger partial charge in [-0.05, 0) is 61.8 Å². The van der Waals surface area contributed by atoms with Gasteiger partial charge in [-0.1, -0.05) is 13.8 Å². The van der Waals surface area contributed by atoms with E-state index in [1.165, 1.54) is 0 Å². The number of ether oxygens (including phenoxy) is 1. The average Bonchev–Trinajstić information content (AvgIpc) is 2.41. The van der Waals surface area contributed by atoms with E-state index >= 15 is 0 Å². The van der Waals surface area contributed by atoms with Gasteiger partial charge in [-0.15, -0.1) is 0 Å². The first-order chi connectivity index (χ1) is 9.85. The lowest BCUT2D eigenvalue weighted by molar-refractivity contribution is -0.123. The standard InChI is InChI=1S/C17H26N2O2/c1-12-10-13(18)4-5-15(12)19-16(20)11-21-14-6-8-17(2,3)9-7-14/h4-5,10,14H,6-9,11,18H2,1-3H3,(H,19,20). The molecule has 1 aromatic rings. The maximum absolute atomic E-state index is 12.0. The Morgan fingerprint density at radius 2 is 2.05 bits per heavy atom. The van der Waals surface area contributed by atoms with Crippen molar-refractivity contribution in [3.63, 3.8) is 0 Å². The summed E-state index contributed by atoms with van der Waals surface area (Å²) in [6, 6.07) is 5.46. The Morgan fingerprint density at radius 3 is 2.67 bits per heavy atom. The van der Waals surface area contributed by atoms with E-state index in [2.05, 4.69) is 19.2 Å². The van der Waals surface area contributed by atoms with Gasteiger partial charge in [-0.3, -0.25) is 4.79 Å². The van der Waals surface area contributed by atoms with Crippen LogP contribution < -0.4 is 11.1 Å². The lowest BCUT2D eigenvalue weighted by atomic mass is 9.76. The quantitative estimate of drug-likeness (QED) is 0.834. The minimum atomic E-state index is -0.104. The van der Waals surface area contributed by atoms with E-state index < -0.39 is 0 Å². The van der Waals surface area contributed by atoms with E-state index in [0.717, 1.165) is 36.9 Å². The van der Waals surface area contributed by atoms with Crippen molar-refractivity contribution in [2.24, 2.45) is 5.41 Å². The second-order valence-corrected chi connectivity index (χ2v) is 6.80. The van der Waals surface area contributed by atoms with Gasteiger partial charge in [0.15, 0.2) is 0 Å². The summed E-state index contributed by atoms with van der Waals surface area (Å²) in [5.74, 6) is -0.104. The molecule has 2 rings (SSSR count). The molecule has 4 heteroatoms.